The van der Waals surface area contributed by atoms with Gasteiger partial charge in [-0.05, 0) is 59.5 Å². The van der Waals surface area contributed by atoms with Crippen LogP contribution in [0, 0.1) is 0 Å². The molecule has 2 aromatic heterocycles. The van der Waals surface area contributed by atoms with Gasteiger partial charge >= 0.3 is 24.3 Å². The van der Waals surface area contributed by atoms with E-state index < -0.39 is 24.3 Å². The standard InChI is InChI=1S/C20H16Cl2N4.2C2HF3O2/c21-15-3-1-12(9-16(15)22)10-17(23)20-25-18-4-2-14(11-19(18)26-20)13-5-7-24-8-6-13;2*3-2(4,5)1(6)7/h1-9,11,17H,10,23H2,(H,25,26);2*(H,6,7)/t17-;;/m1../s1. The summed E-state index contributed by atoms with van der Waals surface area (Å²) in [5, 5.41) is 15.3. The van der Waals surface area contributed by atoms with Crippen LogP contribution in [-0.2, 0) is 16.0 Å². The van der Waals surface area contributed by atoms with Gasteiger partial charge in [-0.2, -0.15) is 26.3 Å². The maximum atomic E-state index is 10.6. The highest BCUT2D eigenvalue weighted by Gasteiger charge is 2.38. The van der Waals surface area contributed by atoms with E-state index >= 15 is 0 Å². The van der Waals surface area contributed by atoms with Crippen LogP contribution >= 0.6 is 23.2 Å². The summed E-state index contributed by atoms with van der Waals surface area (Å²) in [7, 11) is 0. The van der Waals surface area contributed by atoms with Crippen molar-refractivity contribution in [3.63, 3.8) is 0 Å². The van der Waals surface area contributed by atoms with E-state index in [1.54, 1.807) is 18.5 Å². The molecule has 8 nitrogen and oxygen atoms in total. The molecule has 0 aliphatic carbocycles. The first-order chi connectivity index (χ1) is 18.5. The number of fused-ring (bicyclic) bond motifs is 1. The van der Waals surface area contributed by atoms with Gasteiger partial charge in [0, 0.05) is 12.4 Å². The third kappa shape index (κ3) is 9.70. The second-order valence-electron chi connectivity index (χ2n) is 7.75. The zero-order valence-electron chi connectivity index (χ0n) is 19.8. The maximum absolute atomic E-state index is 10.6. The first-order valence-corrected chi connectivity index (χ1v) is 11.4. The van der Waals surface area contributed by atoms with E-state index in [1.807, 2.05) is 36.4 Å². The SMILES string of the molecule is N[C@H](Cc1ccc(Cl)c(Cl)c1)c1nc2ccc(-c3ccncc3)cc2[nH]1.O=C(O)C(F)(F)F.O=C(O)C(F)(F)F. The number of H-pyrrole nitrogens is 1. The molecular weight excluding hydrogens is 593 g/mol. The number of nitrogens with zero attached hydrogens (tertiary/aromatic N) is 2. The number of nitrogens with two attached hydrogens (primary N) is 1. The number of aliphatic carboxylic acids is 2. The molecule has 0 bridgehead atoms. The van der Waals surface area contributed by atoms with Crippen LogP contribution in [-0.4, -0.2) is 49.5 Å². The lowest BCUT2D eigenvalue weighted by Crippen LogP contribution is -2.21. The van der Waals surface area contributed by atoms with Crippen LogP contribution in [0.4, 0.5) is 26.3 Å². The molecule has 0 saturated carbocycles. The number of aromatic nitrogens is 3. The van der Waals surface area contributed by atoms with E-state index in [1.165, 1.54) is 0 Å². The Morgan fingerprint density at radius 3 is 1.90 bits per heavy atom. The summed E-state index contributed by atoms with van der Waals surface area (Å²) < 4.78 is 63.5. The summed E-state index contributed by atoms with van der Waals surface area (Å²) in [5.41, 5.74) is 11.4. The van der Waals surface area contributed by atoms with Gasteiger partial charge in [-0.1, -0.05) is 35.3 Å². The number of carboxylic acid groups (broad SMARTS) is 2. The number of imidazole rings is 1. The van der Waals surface area contributed by atoms with Crippen LogP contribution in [0.15, 0.2) is 60.9 Å². The molecule has 2 aromatic carbocycles. The lowest BCUT2D eigenvalue weighted by atomic mass is 10.1. The lowest BCUT2D eigenvalue weighted by molar-refractivity contribution is -0.193. The summed E-state index contributed by atoms with van der Waals surface area (Å²) in [5.74, 6) is -4.77. The molecule has 2 heterocycles. The normalized spacial score (nSPS) is 12.0. The first kappa shape index (κ1) is 32.3. The Morgan fingerprint density at radius 2 is 1.40 bits per heavy atom. The summed E-state index contributed by atoms with van der Waals surface area (Å²) in [6.07, 6.45) is -5.98. The average Bonchev–Trinajstić information content (AvgIpc) is 3.30. The Kier molecular flexibility index (Phi) is 10.9. The fraction of sp³-hybridized carbons (Fsp3) is 0.167. The van der Waals surface area contributed by atoms with Gasteiger partial charge in [-0.25, -0.2) is 14.6 Å². The fourth-order valence-corrected chi connectivity index (χ4v) is 3.27. The minimum atomic E-state index is -5.08. The van der Waals surface area contributed by atoms with E-state index in [0.717, 1.165) is 33.5 Å². The Balaban J connectivity index is 0.000000333. The number of pyridine rings is 1. The van der Waals surface area contributed by atoms with Crippen LogP contribution in [0.2, 0.25) is 10.0 Å². The highest BCUT2D eigenvalue weighted by molar-refractivity contribution is 6.42. The molecule has 0 aliphatic rings. The molecule has 4 rings (SSSR count). The molecule has 0 spiro atoms. The molecule has 40 heavy (non-hydrogen) atoms. The van der Waals surface area contributed by atoms with Crippen molar-refractivity contribution in [3.8, 4) is 11.1 Å². The minimum Gasteiger partial charge on any atom is -0.475 e. The molecule has 0 unspecified atom stereocenters. The summed E-state index contributed by atoms with van der Waals surface area (Å²) in [6, 6.07) is 15.4. The van der Waals surface area contributed by atoms with Crippen molar-refractivity contribution in [2.75, 3.05) is 0 Å². The van der Waals surface area contributed by atoms with Crippen LogP contribution in [0.25, 0.3) is 22.2 Å². The van der Waals surface area contributed by atoms with Crippen molar-refractivity contribution in [1.29, 1.82) is 0 Å². The van der Waals surface area contributed by atoms with E-state index in [9.17, 15) is 26.3 Å². The molecular formula is C24H18Cl2F6N4O4. The predicted octanol–water partition coefficient (Wildman–Crippen LogP) is 6.44. The Morgan fingerprint density at radius 1 is 0.850 bits per heavy atom. The van der Waals surface area contributed by atoms with Crippen LogP contribution in [0.1, 0.15) is 17.4 Å². The zero-order valence-corrected chi connectivity index (χ0v) is 21.3. The van der Waals surface area contributed by atoms with Crippen molar-refractivity contribution in [2.24, 2.45) is 5.73 Å². The van der Waals surface area contributed by atoms with Crippen LogP contribution in [0.3, 0.4) is 0 Å². The van der Waals surface area contributed by atoms with E-state index in [0.29, 0.717) is 16.5 Å². The number of hydrogen-bond donors (Lipinski definition) is 4. The number of nitrogens with one attached hydrogen (secondary N) is 1. The van der Waals surface area contributed by atoms with Gasteiger partial charge in [0.2, 0.25) is 0 Å². The number of halogens is 8. The molecule has 16 heteroatoms. The summed E-state index contributed by atoms with van der Waals surface area (Å²) in [6.45, 7) is 0. The van der Waals surface area contributed by atoms with Crippen molar-refractivity contribution in [2.45, 2.75) is 24.8 Å². The molecule has 0 saturated heterocycles. The second kappa shape index (κ2) is 13.5. The number of carbonyl (C=O) groups is 2. The van der Waals surface area contributed by atoms with E-state index in [2.05, 4.69) is 21.0 Å². The van der Waals surface area contributed by atoms with Crippen LogP contribution < -0.4 is 5.73 Å². The first-order valence-electron chi connectivity index (χ1n) is 10.7. The monoisotopic (exact) mass is 610 g/mol. The highest BCUT2D eigenvalue weighted by Crippen LogP contribution is 2.27. The average molecular weight is 611 g/mol. The zero-order chi connectivity index (χ0) is 30.3. The van der Waals surface area contributed by atoms with E-state index in [4.69, 9.17) is 48.7 Å². The molecule has 0 radical (unpaired) electrons. The topological polar surface area (TPSA) is 142 Å². The Hall–Kier alpha value is -3.88. The second-order valence-corrected chi connectivity index (χ2v) is 8.57. The molecule has 4 aromatic rings. The summed E-state index contributed by atoms with van der Waals surface area (Å²) in [4.78, 5) is 29.8. The largest absolute Gasteiger partial charge is 0.490 e. The van der Waals surface area contributed by atoms with Crippen molar-refractivity contribution >= 4 is 46.2 Å². The highest BCUT2D eigenvalue weighted by atomic mass is 35.5. The number of alkyl halides is 6. The molecule has 214 valence electrons. The van der Waals surface area contributed by atoms with Crippen LogP contribution in [0.5, 0.6) is 0 Å². The number of aromatic amines is 1. The van der Waals surface area contributed by atoms with Gasteiger partial charge in [0.1, 0.15) is 5.82 Å². The molecule has 1 atom stereocenters. The minimum absolute atomic E-state index is 0.260. The Bertz CT molecular complexity index is 1440. The molecule has 0 fully saturated rings. The maximum Gasteiger partial charge on any atom is 0.490 e. The number of benzene rings is 2. The van der Waals surface area contributed by atoms with Crippen molar-refractivity contribution < 1.29 is 46.1 Å². The van der Waals surface area contributed by atoms with Gasteiger partial charge in [0.15, 0.2) is 0 Å². The Labute approximate surface area is 231 Å². The van der Waals surface area contributed by atoms with Gasteiger partial charge in [0.25, 0.3) is 0 Å². The van der Waals surface area contributed by atoms with Gasteiger partial charge in [0.05, 0.1) is 27.1 Å². The number of rotatable bonds is 4. The smallest absolute Gasteiger partial charge is 0.475 e. The number of hydrogen-bond acceptors (Lipinski definition) is 5. The molecule has 5 N–H and O–H groups in total. The van der Waals surface area contributed by atoms with Gasteiger partial charge in [-0.15, -0.1) is 0 Å². The lowest BCUT2D eigenvalue weighted by Gasteiger charge is -2.09. The van der Waals surface area contributed by atoms with E-state index in [-0.39, 0.29) is 6.04 Å². The van der Waals surface area contributed by atoms with Gasteiger partial charge < -0.3 is 20.9 Å². The third-order valence-corrected chi connectivity index (χ3v) is 5.53. The van der Waals surface area contributed by atoms with Crippen molar-refractivity contribution in [1.82, 2.24) is 15.0 Å². The molecule has 0 amide bonds. The quantitative estimate of drug-likeness (QED) is 0.195. The molecule has 0 aliphatic heterocycles. The van der Waals surface area contributed by atoms with Crippen molar-refractivity contribution in [3.05, 3.63) is 82.4 Å². The fourth-order valence-electron chi connectivity index (χ4n) is 2.95. The van der Waals surface area contributed by atoms with Gasteiger partial charge in [-0.3, -0.25) is 4.98 Å². The summed E-state index contributed by atoms with van der Waals surface area (Å²) >= 11 is 12.0. The third-order valence-electron chi connectivity index (χ3n) is 4.79. The number of carboxylic acids is 2. The predicted molar refractivity (Wildman–Crippen MR) is 134 cm³/mol.